The zero-order valence-corrected chi connectivity index (χ0v) is 12.3. The first-order valence-corrected chi connectivity index (χ1v) is 7.05. The van der Waals surface area contributed by atoms with E-state index in [1.807, 2.05) is 23.0 Å². The smallest absolute Gasteiger partial charge is 0.126 e. The summed E-state index contributed by atoms with van der Waals surface area (Å²) in [5, 5.41) is 7.87. The molecule has 0 aliphatic heterocycles. The van der Waals surface area contributed by atoms with Crippen LogP contribution in [0, 0.1) is 0 Å². The molecule has 1 atom stereocenters. The topological polar surface area (TPSA) is 43.0 Å². The number of halogens is 1. The third kappa shape index (κ3) is 2.67. The number of rotatable bonds is 6. The van der Waals surface area contributed by atoms with Crippen LogP contribution in [0.15, 0.2) is 33.5 Å². The van der Waals surface area contributed by atoms with E-state index >= 15 is 0 Å². The van der Waals surface area contributed by atoms with Gasteiger partial charge >= 0.3 is 0 Å². The minimum atomic E-state index is 0.0387. The van der Waals surface area contributed by atoms with E-state index in [1.165, 1.54) is 0 Å². The Bertz CT molecular complexity index is 478. The Hall–Kier alpha value is -1.07. The molecule has 98 valence electrons. The Labute approximate surface area is 115 Å². The highest BCUT2D eigenvalue weighted by Crippen LogP contribution is 2.28. The average molecular weight is 312 g/mol. The Morgan fingerprint density at radius 2 is 2.33 bits per heavy atom. The first-order chi connectivity index (χ1) is 8.77. The molecule has 0 amide bonds. The molecule has 0 radical (unpaired) electrons. The zero-order valence-electron chi connectivity index (χ0n) is 10.7. The van der Waals surface area contributed by atoms with Gasteiger partial charge in [0.1, 0.15) is 11.8 Å². The number of aromatic nitrogens is 2. The van der Waals surface area contributed by atoms with Crippen molar-refractivity contribution in [2.24, 2.45) is 0 Å². The maximum atomic E-state index is 5.55. The minimum Gasteiger partial charge on any atom is -0.467 e. The number of nitrogens with zero attached hydrogens (tertiary/aromatic N) is 2. The number of nitrogens with one attached hydrogen (secondary N) is 1. The first-order valence-electron chi connectivity index (χ1n) is 6.25. The second kappa shape index (κ2) is 6.20. The molecule has 1 N–H and O–H groups in total. The van der Waals surface area contributed by atoms with Crippen LogP contribution < -0.4 is 5.32 Å². The van der Waals surface area contributed by atoms with E-state index in [2.05, 4.69) is 40.2 Å². The maximum absolute atomic E-state index is 5.55. The van der Waals surface area contributed by atoms with Crippen LogP contribution in [-0.2, 0) is 6.54 Å². The molecule has 0 fully saturated rings. The van der Waals surface area contributed by atoms with E-state index in [0.717, 1.165) is 35.4 Å². The van der Waals surface area contributed by atoms with Gasteiger partial charge in [-0.25, -0.2) is 0 Å². The van der Waals surface area contributed by atoms with Crippen LogP contribution in [0.5, 0.6) is 0 Å². The van der Waals surface area contributed by atoms with Crippen molar-refractivity contribution in [3.63, 3.8) is 0 Å². The molecule has 1 unspecified atom stereocenters. The summed E-state index contributed by atoms with van der Waals surface area (Å²) in [6.07, 6.45) is 4.62. The van der Waals surface area contributed by atoms with E-state index in [4.69, 9.17) is 4.42 Å². The van der Waals surface area contributed by atoms with Gasteiger partial charge in [0.25, 0.3) is 0 Å². The molecule has 4 nitrogen and oxygen atoms in total. The van der Waals surface area contributed by atoms with Crippen LogP contribution in [0.25, 0.3) is 0 Å². The summed E-state index contributed by atoms with van der Waals surface area (Å²) in [5.41, 5.74) is 1.11. The van der Waals surface area contributed by atoms with Gasteiger partial charge in [-0.1, -0.05) is 6.92 Å². The molecule has 0 spiro atoms. The van der Waals surface area contributed by atoms with Gasteiger partial charge in [-0.05, 0) is 48.0 Å². The Balaban J connectivity index is 2.36. The first kappa shape index (κ1) is 13.4. The normalized spacial score (nSPS) is 12.8. The van der Waals surface area contributed by atoms with Crippen molar-refractivity contribution in [2.75, 3.05) is 6.54 Å². The summed E-state index contributed by atoms with van der Waals surface area (Å²) in [5.74, 6) is 0.916. The van der Waals surface area contributed by atoms with Crippen molar-refractivity contribution < 1.29 is 4.42 Å². The van der Waals surface area contributed by atoms with E-state index in [-0.39, 0.29) is 6.04 Å². The number of aryl methyl sites for hydroxylation is 1. The van der Waals surface area contributed by atoms with Crippen molar-refractivity contribution in [2.45, 2.75) is 32.9 Å². The SMILES string of the molecule is CCCNC(c1ccco1)c1c(Br)cnn1CC. The number of hydrogen-bond donors (Lipinski definition) is 1. The molecule has 18 heavy (non-hydrogen) atoms. The van der Waals surface area contributed by atoms with Crippen molar-refractivity contribution >= 4 is 15.9 Å². The summed E-state index contributed by atoms with van der Waals surface area (Å²) in [4.78, 5) is 0. The van der Waals surface area contributed by atoms with Crippen molar-refractivity contribution in [3.8, 4) is 0 Å². The van der Waals surface area contributed by atoms with Gasteiger partial charge in [-0.2, -0.15) is 5.10 Å². The van der Waals surface area contributed by atoms with Crippen LogP contribution in [-0.4, -0.2) is 16.3 Å². The summed E-state index contributed by atoms with van der Waals surface area (Å²) < 4.78 is 8.54. The predicted octanol–water partition coefficient (Wildman–Crippen LogP) is 3.35. The third-order valence-corrected chi connectivity index (χ3v) is 3.44. The Morgan fingerprint density at radius 3 is 2.94 bits per heavy atom. The highest BCUT2D eigenvalue weighted by Gasteiger charge is 2.22. The zero-order chi connectivity index (χ0) is 13.0. The molecule has 0 aromatic carbocycles. The second-order valence-electron chi connectivity index (χ2n) is 4.10. The minimum absolute atomic E-state index is 0.0387. The lowest BCUT2D eigenvalue weighted by Gasteiger charge is -2.18. The van der Waals surface area contributed by atoms with Crippen LogP contribution in [0.2, 0.25) is 0 Å². The van der Waals surface area contributed by atoms with Gasteiger partial charge < -0.3 is 9.73 Å². The molecule has 2 heterocycles. The summed E-state index contributed by atoms with van der Waals surface area (Å²) in [7, 11) is 0. The summed E-state index contributed by atoms with van der Waals surface area (Å²) >= 11 is 3.57. The molecule has 0 saturated heterocycles. The van der Waals surface area contributed by atoms with Crippen molar-refractivity contribution in [1.29, 1.82) is 0 Å². The monoisotopic (exact) mass is 311 g/mol. The molecule has 0 saturated carbocycles. The van der Waals surface area contributed by atoms with Gasteiger partial charge in [0.15, 0.2) is 0 Å². The van der Waals surface area contributed by atoms with Gasteiger partial charge in [0, 0.05) is 6.54 Å². The fourth-order valence-electron chi connectivity index (χ4n) is 1.99. The Kier molecular flexibility index (Phi) is 4.60. The lowest BCUT2D eigenvalue weighted by atomic mass is 10.1. The quantitative estimate of drug-likeness (QED) is 0.889. The lowest BCUT2D eigenvalue weighted by molar-refractivity contribution is 0.426. The highest BCUT2D eigenvalue weighted by molar-refractivity contribution is 9.10. The van der Waals surface area contributed by atoms with Crippen molar-refractivity contribution in [1.82, 2.24) is 15.1 Å². The molecule has 0 bridgehead atoms. The maximum Gasteiger partial charge on any atom is 0.126 e. The standard InChI is InChI=1S/C13H18BrN3O/c1-3-7-15-12(11-6-5-8-18-11)13-10(14)9-16-17(13)4-2/h5-6,8-9,12,15H,3-4,7H2,1-2H3. The van der Waals surface area contributed by atoms with Crippen LogP contribution in [0.1, 0.15) is 37.8 Å². The largest absolute Gasteiger partial charge is 0.467 e. The van der Waals surface area contributed by atoms with Crippen molar-refractivity contribution in [3.05, 3.63) is 40.5 Å². The van der Waals surface area contributed by atoms with Gasteiger partial charge in [0.05, 0.1) is 22.6 Å². The fourth-order valence-corrected chi connectivity index (χ4v) is 2.51. The molecule has 5 heteroatoms. The molecule has 0 aliphatic rings. The Morgan fingerprint density at radius 1 is 1.50 bits per heavy atom. The average Bonchev–Trinajstić information content (AvgIpc) is 3.01. The summed E-state index contributed by atoms with van der Waals surface area (Å²) in [6.45, 7) is 6.01. The van der Waals surface area contributed by atoms with Crippen LogP contribution in [0.4, 0.5) is 0 Å². The highest BCUT2D eigenvalue weighted by atomic mass is 79.9. The van der Waals surface area contributed by atoms with E-state index < -0.39 is 0 Å². The van der Waals surface area contributed by atoms with E-state index in [1.54, 1.807) is 6.26 Å². The molecule has 2 aromatic heterocycles. The molecular formula is C13H18BrN3O. The molecule has 0 aliphatic carbocycles. The van der Waals surface area contributed by atoms with Crippen LogP contribution >= 0.6 is 15.9 Å². The lowest BCUT2D eigenvalue weighted by Crippen LogP contribution is -2.25. The van der Waals surface area contributed by atoms with Gasteiger partial charge in [-0.15, -0.1) is 0 Å². The van der Waals surface area contributed by atoms with Crippen LogP contribution in [0.3, 0.4) is 0 Å². The van der Waals surface area contributed by atoms with E-state index in [9.17, 15) is 0 Å². The summed E-state index contributed by atoms with van der Waals surface area (Å²) in [6, 6.07) is 3.94. The number of hydrogen-bond acceptors (Lipinski definition) is 3. The third-order valence-electron chi connectivity index (χ3n) is 2.83. The predicted molar refractivity (Wildman–Crippen MR) is 74.4 cm³/mol. The molecule has 2 rings (SSSR count). The molecular weight excluding hydrogens is 294 g/mol. The fraction of sp³-hybridized carbons (Fsp3) is 0.462. The second-order valence-corrected chi connectivity index (χ2v) is 4.95. The molecule has 2 aromatic rings. The van der Waals surface area contributed by atoms with Gasteiger partial charge in [-0.3, -0.25) is 4.68 Å². The van der Waals surface area contributed by atoms with Gasteiger partial charge in [0.2, 0.25) is 0 Å². The number of furan rings is 1. The van der Waals surface area contributed by atoms with E-state index in [0.29, 0.717) is 0 Å².